The fourth-order valence-electron chi connectivity index (χ4n) is 3.06. The van der Waals surface area contributed by atoms with Gasteiger partial charge < -0.3 is 42.7 Å². The molecule has 13 heteroatoms. The highest BCUT2D eigenvalue weighted by atomic mass is 16.4. The fraction of sp³-hybridized carbons (Fsp3) is 0.500. The molecule has 0 aliphatic carbocycles. The summed E-state index contributed by atoms with van der Waals surface area (Å²) >= 11 is 0. The van der Waals surface area contributed by atoms with Gasteiger partial charge in [-0.3, -0.25) is 19.2 Å². The number of hydrogen-bond acceptors (Lipinski definition) is 8. The van der Waals surface area contributed by atoms with E-state index in [1.807, 2.05) is 0 Å². The number of phenolic OH excluding ortho intramolecular Hbond substituents is 1. The summed E-state index contributed by atoms with van der Waals surface area (Å²) in [5, 5.41) is 34.6. The largest absolute Gasteiger partial charge is 0.508 e. The molecule has 1 rings (SSSR count). The van der Waals surface area contributed by atoms with Gasteiger partial charge in [-0.05, 0) is 43.5 Å². The Labute approximate surface area is 202 Å². The van der Waals surface area contributed by atoms with Crippen molar-refractivity contribution in [1.82, 2.24) is 16.0 Å². The highest BCUT2D eigenvalue weighted by Crippen LogP contribution is 2.12. The Morgan fingerprint density at radius 2 is 1.54 bits per heavy atom. The number of benzene rings is 1. The second kappa shape index (κ2) is 15.2. The first-order chi connectivity index (χ1) is 16.5. The molecule has 0 radical (unpaired) electrons. The molecule has 3 unspecified atom stereocenters. The third-order valence-corrected chi connectivity index (χ3v) is 5.02. The molecular weight excluding hydrogens is 462 g/mol. The lowest BCUT2D eigenvalue weighted by molar-refractivity contribution is -0.143. The van der Waals surface area contributed by atoms with E-state index in [4.69, 9.17) is 16.6 Å². The van der Waals surface area contributed by atoms with Crippen molar-refractivity contribution in [3.05, 3.63) is 29.8 Å². The summed E-state index contributed by atoms with van der Waals surface area (Å²) in [4.78, 5) is 59.5. The zero-order chi connectivity index (χ0) is 26.4. The average Bonchev–Trinajstić information content (AvgIpc) is 2.80. The minimum atomic E-state index is -1.48. The molecule has 0 heterocycles. The van der Waals surface area contributed by atoms with E-state index in [1.54, 1.807) is 0 Å². The molecule has 0 bridgehead atoms. The lowest BCUT2D eigenvalue weighted by Gasteiger charge is -2.22. The Morgan fingerprint density at radius 3 is 2.11 bits per heavy atom. The summed E-state index contributed by atoms with van der Waals surface area (Å²) in [6.45, 7) is 0.00439. The number of hydrogen-bond donors (Lipinski definition) is 8. The van der Waals surface area contributed by atoms with Crippen LogP contribution in [0.2, 0.25) is 0 Å². The van der Waals surface area contributed by atoms with E-state index in [9.17, 15) is 34.2 Å². The molecule has 0 fully saturated rings. The predicted molar refractivity (Wildman–Crippen MR) is 124 cm³/mol. The highest BCUT2D eigenvalue weighted by molar-refractivity contribution is 5.92. The van der Waals surface area contributed by atoms with Crippen LogP contribution in [0.15, 0.2) is 24.3 Å². The van der Waals surface area contributed by atoms with Crippen LogP contribution in [0.5, 0.6) is 5.75 Å². The topological polar surface area (TPSA) is 234 Å². The van der Waals surface area contributed by atoms with Crippen LogP contribution in [-0.4, -0.2) is 76.2 Å². The number of carboxylic acids is 2. The quantitative estimate of drug-likeness (QED) is 0.123. The van der Waals surface area contributed by atoms with E-state index in [1.165, 1.54) is 24.3 Å². The molecule has 1 aromatic rings. The summed E-state index contributed by atoms with van der Waals surface area (Å²) in [6.07, 6.45) is 0.857. The normalized spacial score (nSPS) is 13.2. The minimum absolute atomic E-state index is 0.0103. The SMILES string of the molecule is NCCCCC(N)C(=O)NCC(=O)NC(Cc1ccc(O)cc1)C(=O)NC(CCC(=O)O)C(=O)O. The molecule has 0 saturated heterocycles. The highest BCUT2D eigenvalue weighted by Gasteiger charge is 2.27. The number of amides is 3. The maximum atomic E-state index is 12.8. The zero-order valence-corrected chi connectivity index (χ0v) is 19.2. The van der Waals surface area contributed by atoms with Gasteiger partial charge in [0.2, 0.25) is 17.7 Å². The van der Waals surface area contributed by atoms with Crippen LogP contribution in [-0.2, 0) is 30.4 Å². The number of aromatic hydroxyl groups is 1. The zero-order valence-electron chi connectivity index (χ0n) is 19.2. The minimum Gasteiger partial charge on any atom is -0.508 e. The fourth-order valence-corrected chi connectivity index (χ4v) is 3.06. The van der Waals surface area contributed by atoms with Crippen LogP contribution in [0.4, 0.5) is 0 Å². The van der Waals surface area contributed by atoms with E-state index in [-0.39, 0.29) is 18.6 Å². The molecule has 0 spiro atoms. The standard InChI is InChI=1S/C22H33N5O8/c23-10-2-1-3-15(24)20(32)25-12-18(29)26-17(11-13-4-6-14(28)7-5-13)21(33)27-16(22(34)35)8-9-19(30)31/h4-7,15-17,28H,1-3,8-12,23-24H2,(H,25,32)(H,26,29)(H,27,33)(H,30,31)(H,34,35). The van der Waals surface area contributed by atoms with Crippen molar-refractivity contribution in [2.75, 3.05) is 13.1 Å². The molecule has 0 aliphatic rings. The Kier molecular flexibility index (Phi) is 12.8. The molecule has 35 heavy (non-hydrogen) atoms. The monoisotopic (exact) mass is 495 g/mol. The molecule has 3 amide bonds. The van der Waals surface area contributed by atoms with Gasteiger partial charge in [0.05, 0.1) is 12.6 Å². The van der Waals surface area contributed by atoms with Gasteiger partial charge in [-0.15, -0.1) is 0 Å². The third kappa shape index (κ3) is 11.8. The number of nitrogens with one attached hydrogen (secondary N) is 3. The number of rotatable bonds is 16. The number of carbonyl (C=O) groups excluding carboxylic acids is 3. The molecule has 0 aromatic heterocycles. The van der Waals surface area contributed by atoms with Crippen LogP contribution in [0.1, 0.15) is 37.7 Å². The first-order valence-electron chi connectivity index (χ1n) is 11.1. The maximum absolute atomic E-state index is 12.8. The maximum Gasteiger partial charge on any atom is 0.326 e. The molecule has 0 aliphatic heterocycles. The Balaban J connectivity index is 2.83. The third-order valence-electron chi connectivity index (χ3n) is 5.02. The lowest BCUT2D eigenvalue weighted by atomic mass is 10.0. The molecular formula is C22H33N5O8. The van der Waals surface area contributed by atoms with Crippen molar-refractivity contribution < 1.29 is 39.3 Å². The number of phenols is 1. The Morgan fingerprint density at radius 1 is 0.886 bits per heavy atom. The number of carboxylic acid groups (broad SMARTS) is 2. The Hall–Kier alpha value is -3.71. The number of aliphatic carboxylic acids is 2. The van der Waals surface area contributed by atoms with Crippen LogP contribution in [0, 0.1) is 0 Å². The number of nitrogens with two attached hydrogens (primary N) is 2. The first-order valence-corrected chi connectivity index (χ1v) is 11.1. The smallest absolute Gasteiger partial charge is 0.326 e. The Bertz CT molecular complexity index is 877. The van der Waals surface area contributed by atoms with Crippen molar-refractivity contribution in [2.45, 2.75) is 56.7 Å². The van der Waals surface area contributed by atoms with E-state index in [0.717, 1.165) is 0 Å². The molecule has 194 valence electrons. The van der Waals surface area contributed by atoms with Crippen molar-refractivity contribution in [2.24, 2.45) is 11.5 Å². The summed E-state index contributed by atoms with van der Waals surface area (Å²) in [5.74, 6) is -4.78. The average molecular weight is 496 g/mol. The van der Waals surface area contributed by atoms with Crippen LogP contribution < -0.4 is 27.4 Å². The first kappa shape index (κ1) is 29.3. The van der Waals surface area contributed by atoms with Gasteiger partial charge in [-0.1, -0.05) is 18.6 Å². The molecule has 1 aromatic carbocycles. The number of unbranched alkanes of at least 4 members (excludes halogenated alkanes) is 1. The molecule has 0 saturated carbocycles. The van der Waals surface area contributed by atoms with E-state index in [2.05, 4.69) is 16.0 Å². The molecule has 13 nitrogen and oxygen atoms in total. The van der Waals surface area contributed by atoms with Gasteiger partial charge in [-0.2, -0.15) is 0 Å². The number of carbonyl (C=O) groups is 5. The summed E-state index contributed by atoms with van der Waals surface area (Å²) in [6, 6.07) is 2.25. The van der Waals surface area contributed by atoms with Crippen LogP contribution >= 0.6 is 0 Å². The second-order valence-corrected chi connectivity index (χ2v) is 7.93. The van der Waals surface area contributed by atoms with Gasteiger partial charge in [0, 0.05) is 12.8 Å². The molecule has 10 N–H and O–H groups in total. The lowest BCUT2D eigenvalue weighted by Crippen LogP contribution is -2.54. The summed E-state index contributed by atoms with van der Waals surface area (Å²) < 4.78 is 0. The van der Waals surface area contributed by atoms with Gasteiger partial charge in [-0.25, -0.2) is 4.79 Å². The van der Waals surface area contributed by atoms with Gasteiger partial charge in [0.1, 0.15) is 17.8 Å². The van der Waals surface area contributed by atoms with Gasteiger partial charge >= 0.3 is 11.9 Å². The summed E-state index contributed by atoms with van der Waals surface area (Å²) in [7, 11) is 0. The van der Waals surface area contributed by atoms with E-state index < -0.39 is 60.8 Å². The van der Waals surface area contributed by atoms with Gasteiger partial charge in [0.25, 0.3) is 0 Å². The van der Waals surface area contributed by atoms with Crippen molar-refractivity contribution in [1.29, 1.82) is 0 Å². The van der Waals surface area contributed by atoms with Crippen molar-refractivity contribution in [3.63, 3.8) is 0 Å². The molecule has 3 atom stereocenters. The van der Waals surface area contributed by atoms with Crippen LogP contribution in [0.25, 0.3) is 0 Å². The van der Waals surface area contributed by atoms with E-state index >= 15 is 0 Å². The second-order valence-electron chi connectivity index (χ2n) is 7.93. The van der Waals surface area contributed by atoms with Crippen molar-refractivity contribution in [3.8, 4) is 5.75 Å². The summed E-state index contributed by atoms with van der Waals surface area (Å²) in [5.41, 5.74) is 11.7. The predicted octanol–water partition coefficient (Wildman–Crippen LogP) is -1.57. The van der Waals surface area contributed by atoms with Crippen LogP contribution in [0.3, 0.4) is 0 Å². The van der Waals surface area contributed by atoms with Crippen molar-refractivity contribution >= 4 is 29.7 Å². The van der Waals surface area contributed by atoms with Gasteiger partial charge in [0.15, 0.2) is 0 Å². The van der Waals surface area contributed by atoms with E-state index in [0.29, 0.717) is 31.4 Å².